The van der Waals surface area contributed by atoms with E-state index in [9.17, 15) is 0 Å². The summed E-state index contributed by atoms with van der Waals surface area (Å²) >= 11 is 3.59. The van der Waals surface area contributed by atoms with E-state index in [0.29, 0.717) is 0 Å². The zero-order valence-electron chi connectivity index (χ0n) is 12.4. The van der Waals surface area contributed by atoms with Crippen LogP contribution in [0.4, 0.5) is 0 Å². The number of aryl methyl sites for hydroxylation is 2. The van der Waals surface area contributed by atoms with E-state index in [-0.39, 0.29) is 6.04 Å². The molecule has 0 aliphatic carbocycles. The fourth-order valence-corrected chi connectivity index (χ4v) is 2.76. The van der Waals surface area contributed by atoms with Crippen molar-refractivity contribution >= 4 is 15.9 Å². The second-order valence-corrected chi connectivity index (χ2v) is 6.21. The van der Waals surface area contributed by atoms with Gasteiger partial charge in [0.2, 0.25) is 0 Å². The van der Waals surface area contributed by atoms with Crippen LogP contribution in [0.1, 0.15) is 41.6 Å². The molecule has 20 heavy (non-hydrogen) atoms. The summed E-state index contributed by atoms with van der Waals surface area (Å²) in [6.45, 7) is 7.52. The largest absolute Gasteiger partial charge is 0.306 e. The summed E-state index contributed by atoms with van der Waals surface area (Å²) in [7, 11) is 0. The Morgan fingerprint density at radius 2 is 1.75 bits per heavy atom. The maximum absolute atomic E-state index is 3.67. The van der Waals surface area contributed by atoms with Crippen LogP contribution in [0.2, 0.25) is 0 Å². The molecule has 0 aliphatic rings. The quantitative estimate of drug-likeness (QED) is 0.798. The summed E-state index contributed by atoms with van der Waals surface area (Å²) in [6.07, 6.45) is 1.13. The molecule has 2 aromatic rings. The van der Waals surface area contributed by atoms with E-state index in [1.54, 1.807) is 0 Å². The summed E-state index contributed by atoms with van der Waals surface area (Å²) in [5, 5.41) is 3.67. The third kappa shape index (κ3) is 3.71. The smallest absolute Gasteiger partial charge is 0.0579 e. The van der Waals surface area contributed by atoms with Crippen LogP contribution in [-0.4, -0.2) is 6.54 Å². The lowest BCUT2D eigenvalue weighted by Crippen LogP contribution is -2.24. The molecule has 1 N–H and O–H groups in total. The van der Waals surface area contributed by atoms with E-state index >= 15 is 0 Å². The summed E-state index contributed by atoms with van der Waals surface area (Å²) in [5.74, 6) is 0. The highest BCUT2D eigenvalue weighted by Crippen LogP contribution is 2.27. The third-order valence-corrected chi connectivity index (χ3v) is 4.05. The number of benzene rings is 2. The minimum atomic E-state index is 0.257. The second kappa shape index (κ2) is 7.05. The van der Waals surface area contributed by atoms with Crippen molar-refractivity contribution in [2.45, 2.75) is 33.2 Å². The highest BCUT2D eigenvalue weighted by molar-refractivity contribution is 9.10. The highest BCUT2D eigenvalue weighted by Gasteiger charge is 2.15. The molecule has 1 nitrogen and oxygen atoms in total. The Bertz CT molecular complexity index is 560. The minimum Gasteiger partial charge on any atom is -0.306 e. The summed E-state index contributed by atoms with van der Waals surface area (Å²) in [5.41, 5.74) is 5.29. The van der Waals surface area contributed by atoms with E-state index < -0.39 is 0 Å². The molecule has 0 spiro atoms. The molecule has 0 radical (unpaired) electrons. The van der Waals surface area contributed by atoms with Crippen LogP contribution in [0.5, 0.6) is 0 Å². The van der Waals surface area contributed by atoms with Crippen molar-refractivity contribution in [1.29, 1.82) is 0 Å². The van der Waals surface area contributed by atoms with Crippen LogP contribution in [0.25, 0.3) is 0 Å². The number of nitrogens with one attached hydrogen (secondary N) is 1. The topological polar surface area (TPSA) is 12.0 Å². The lowest BCUT2D eigenvalue weighted by molar-refractivity contribution is 0.596. The Morgan fingerprint density at radius 1 is 1.05 bits per heavy atom. The van der Waals surface area contributed by atoms with Crippen molar-refractivity contribution in [3.63, 3.8) is 0 Å². The molecule has 0 fully saturated rings. The average Bonchev–Trinajstić information content (AvgIpc) is 2.44. The van der Waals surface area contributed by atoms with Gasteiger partial charge in [-0.2, -0.15) is 0 Å². The summed E-state index contributed by atoms with van der Waals surface area (Å²) in [6, 6.07) is 15.6. The van der Waals surface area contributed by atoms with E-state index in [1.807, 2.05) is 0 Å². The maximum Gasteiger partial charge on any atom is 0.0579 e. The normalized spacial score (nSPS) is 12.4. The van der Waals surface area contributed by atoms with Crippen LogP contribution in [0.3, 0.4) is 0 Å². The van der Waals surface area contributed by atoms with E-state index in [2.05, 4.69) is 84.5 Å². The predicted molar refractivity (Wildman–Crippen MR) is 90.2 cm³/mol. The van der Waals surface area contributed by atoms with Gasteiger partial charge in [-0.1, -0.05) is 58.7 Å². The Labute approximate surface area is 130 Å². The Hall–Kier alpha value is -1.12. The van der Waals surface area contributed by atoms with Gasteiger partial charge < -0.3 is 5.32 Å². The molecule has 2 aromatic carbocycles. The highest BCUT2D eigenvalue weighted by atomic mass is 79.9. The fraction of sp³-hybridized carbons (Fsp3) is 0.333. The predicted octanol–water partition coefficient (Wildman–Crippen LogP) is 5.15. The Balaban J connectivity index is 2.41. The molecule has 1 atom stereocenters. The van der Waals surface area contributed by atoms with Gasteiger partial charge in [-0.05, 0) is 55.6 Å². The molecular weight excluding hydrogens is 310 g/mol. The molecule has 0 amide bonds. The summed E-state index contributed by atoms with van der Waals surface area (Å²) in [4.78, 5) is 0. The van der Waals surface area contributed by atoms with Crippen LogP contribution in [0, 0.1) is 13.8 Å². The molecule has 2 heteroatoms. The number of rotatable bonds is 5. The lowest BCUT2D eigenvalue weighted by Gasteiger charge is -2.22. The van der Waals surface area contributed by atoms with Gasteiger partial charge in [0, 0.05) is 4.47 Å². The minimum absolute atomic E-state index is 0.257. The standard InChI is InChI=1S/C18H22BrN/c1-4-11-20-18(15-8-5-13(2)6-9-15)17-12-16(19)10-7-14(17)3/h5-10,12,18,20H,4,11H2,1-3H3. The zero-order valence-corrected chi connectivity index (χ0v) is 14.0. The van der Waals surface area contributed by atoms with Crippen LogP contribution in [-0.2, 0) is 0 Å². The number of halogens is 1. The fourth-order valence-electron chi connectivity index (χ4n) is 2.38. The van der Waals surface area contributed by atoms with Crippen molar-refractivity contribution < 1.29 is 0 Å². The molecular formula is C18H22BrN. The van der Waals surface area contributed by atoms with Crippen molar-refractivity contribution in [2.24, 2.45) is 0 Å². The SMILES string of the molecule is CCCNC(c1ccc(C)cc1)c1cc(Br)ccc1C. The molecule has 2 rings (SSSR count). The van der Waals surface area contributed by atoms with Crippen molar-refractivity contribution in [2.75, 3.05) is 6.54 Å². The van der Waals surface area contributed by atoms with E-state index in [0.717, 1.165) is 17.4 Å². The first-order valence-electron chi connectivity index (χ1n) is 7.18. The zero-order chi connectivity index (χ0) is 14.5. The van der Waals surface area contributed by atoms with Gasteiger partial charge in [0.15, 0.2) is 0 Å². The maximum atomic E-state index is 3.67. The van der Waals surface area contributed by atoms with Crippen molar-refractivity contribution in [1.82, 2.24) is 5.32 Å². The first-order valence-corrected chi connectivity index (χ1v) is 7.97. The molecule has 0 saturated heterocycles. The van der Waals surface area contributed by atoms with Crippen molar-refractivity contribution in [3.8, 4) is 0 Å². The van der Waals surface area contributed by atoms with Gasteiger partial charge in [0.05, 0.1) is 6.04 Å². The molecule has 0 saturated carbocycles. The van der Waals surface area contributed by atoms with Gasteiger partial charge >= 0.3 is 0 Å². The number of hydrogen-bond donors (Lipinski definition) is 1. The summed E-state index contributed by atoms with van der Waals surface area (Å²) < 4.78 is 1.13. The Kier molecular flexibility index (Phi) is 5.38. The lowest BCUT2D eigenvalue weighted by atomic mass is 9.94. The molecule has 1 unspecified atom stereocenters. The van der Waals surface area contributed by atoms with Crippen LogP contribution >= 0.6 is 15.9 Å². The average molecular weight is 332 g/mol. The third-order valence-electron chi connectivity index (χ3n) is 3.56. The van der Waals surface area contributed by atoms with E-state index in [4.69, 9.17) is 0 Å². The van der Waals surface area contributed by atoms with Gasteiger partial charge in [-0.25, -0.2) is 0 Å². The molecule has 0 aliphatic heterocycles. The van der Waals surface area contributed by atoms with Gasteiger partial charge in [-0.15, -0.1) is 0 Å². The van der Waals surface area contributed by atoms with Gasteiger partial charge in [-0.3, -0.25) is 0 Å². The monoisotopic (exact) mass is 331 g/mol. The number of hydrogen-bond acceptors (Lipinski definition) is 1. The first kappa shape index (κ1) is 15.3. The van der Waals surface area contributed by atoms with E-state index in [1.165, 1.54) is 22.3 Å². The van der Waals surface area contributed by atoms with Crippen LogP contribution in [0.15, 0.2) is 46.9 Å². The van der Waals surface area contributed by atoms with Crippen molar-refractivity contribution in [3.05, 3.63) is 69.2 Å². The Morgan fingerprint density at radius 3 is 2.40 bits per heavy atom. The first-order chi connectivity index (χ1) is 9.61. The molecule has 0 aromatic heterocycles. The molecule has 0 heterocycles. The van der Waals surface area contributed by atoms with Crippen LogP contribution < -0.4 is 5.32 Å². The molecule has 0 bridgehead atoms. The van der Waals surface area contributed by atoms with Gasteiger partial charge in [0.25, 0.3) is 0 Å². The van der Waals surface area contributed by atoms with Gasteiger partial charge in [0.1, 0.15) is 0 Å². The molecule has 106 valence electrons. The second-order valence-electron chi connectivity index (χ2n) is 5.30.